The topological polar surface area (TPSA) is 59.3 Å². The highest BCUT2D eigenvalue weighted by molar-refractivity contribution is 7.89. The van der Waals surface area contributed by atoms with Crippen LogP contribution in [0.4, 0.5) is 0 Å². The minimum Gasteiger partial charge on any atom is -0.460 e. The van der Waals surface area contributed by atoms with Crippen LogP contribution in [0.1, 0.15) is 12.7 Å². The number of rotatable bonds is 4. The molecule has 4 nitrogen and oxygen atoms in total. The normalized spacial score (nSPS) is 12.1. The van der Waals surface area contributed by atoms with Crippen LogP contribution in [-0.4, -0.2) is 14.2 Å². The molecule has 0 radical (unpaired) electrons. The zero-order valence-electron chi connectivity index (χ0n) is 8.93. The average Bonchev–Trinajstić information content (AvgIpc) is 2.69. The van der Waals surface area contributed by atoms with Crippen molar-refractivity contribution in [1.29, 1.82) is 0 Å². The van der Waals surface area contributed by atoms with Crippen LogP contribution in [0.25, 0.3) is 11.0 Å². The van der Waals surface area contributed by atoms with Gasteiger partial charge < -0.3 is 4.42 Å². The van der Waals surface area contributed by atoms with E-state index in [1.807, 2.05) is 30.3 Å². The van der Waals surface area contributed by atoms with Crippen molar-refractivity contribution in [2.24, 2.45) is 0 Å². The zero-order valence-corrected chi connectivity index (χ0v) is 9.75. The Balaban J connectivity index is 2.16. The molecule has 0 saturated heterocycles. The van der Waals surface area contributed by atoms with Crippen LogP contribution >= 0.6 is 0 Å². The number of benzene rings is 1. The Hall–Kier alpha value is -1.33. The first-order valence-corrected chi connectivity index (χ1v) is 6.71. The number of para-hydroxylation sites is 1. The second-order valence-corrected chi connectivity index (χ2v) is 5.57. The largest absolute Gasteiger partial charge is 0.460 e. The molecule has 2 aromatic rings. The predicted octanol–water partition coefficient (Wildman–Crippen LogP) is 1.87. The summed E-state index contributed by atoms with van der Waals surface area (Å²) in [6.45, 7) is 1.80. The molecule has 16 heavy (non-hydrogen) atoms. The molecular weight excluding hydrogens is 226 g/mol. The lowest BCUT2D eigenvalue weighted by Gasteiger charge is -2.00. The molecule has 86 valence electrons. The highest BCUT2D eigenvalue weighted by Gasteiger charge is 2.08. The van der Waals surface area contributed by atoms with E-state index in [9.17, 15) is 8.42 Å². The van der Waals surface area contributed by atoms with Crippen molar-refractivity contribution < 1.29 is 12.8 Å². The molecule has 2 rings (SSSR count). The maximum Gasteiger partial charge on any atom is 0.211 e. The van der Waals surface area contributed by atoms with Crippen molar-refractivity contribution in [2.75, 3.05) is 5.75 Å². The molecule has 0 bridgehead atoms. The third-order valence-electron chi connectivity index (χ3n) is 2.32. The summed E-state index contributed by atoms with van der Waals surface area (Å²) >= 11 is 0. The molecule has 1 N–H and O–H groups in total. The number of hydrogen-bond acceptors (Lipinski definition) is 3. The van der Waals surface area contributed by atoms with Gasteiger partial charge in [0.05, 0.1) is 12.3 Å². The molecule has 0 fully saturated rings. The van der Waals surface area contributed by atoms with Crippen LogP contribution in [0.2, 0.25) is 0 Å². The van der Waals surface area contributed by atoms with Crippen LogP contribution in [0.3, 0.4) is 0 Å². The number of hydrogen-bond donors (Lipinski definition) is 1. The van der Waals surface area contributed by atoms with E-state index in [2.05, 4.69) is 4.72 Å². The van der Waals surface area contributed by atoms with Gasteiger partial charge in [0.1, 0.15) is 11.3 Å². The second-order valence-electron chi connectivity index (χ2n) is 3.48. The van der Waals surface area contributed by atoms with Gasteiger partial charge in [0, 0.05) is 5.39 Å². The minimum absolute atomic E-state index is 0.0766. The fraction of sp³-hybridized carbons (Fsp3) is 0.273. The Kier molecular flexibility index (Phi) is 2.98. The van der Waals surface area contributed by atoms with Gasteiger partial charge in [-0.05, 0) is 19.1 Å². The first kappa shape index (κ1) is 11.2. The summed E-state index contributed by atoms with van der Waals surface area (Å²) < 4.78 is 30.4. The van der Waals surface area contributed by atoms with E-state index in [4.69, 9.17) is 4.42 Å². The Labute approximate surface area is 94.3 Å². The summed E-state index contributed by atoms with van der Waals surface area (Å²) in [6, 6.07) is 9.42. The Morgan fingerprint density at radius 1 is 1.31 bits per heavy atom. The third-order valence-corrected chi connectivity index (χ3v) is 3.67. The Morgan fingerprint density at radius 2 is 2.06 bits per heavy atom. The van der Waals surface area contributed by atoms with Gasteiger partial charge in [-0.3, -0.25) is 0 Å². The fourth-order valence-electron chi connectivity index (χ4n) is 1.41. The maximum atomic E-state index is 11.2. The number of furan rings is 1. The molecule has 0 amide bonds. The molecule has 0 saturated carbocycles. The van der Waals surface area contributed by atoms with Crippen LogP contribution in [0, 0.1) is 0 Å². The van der Waals surface area contributed by atoms with Gasteiger partial charge in [-0.2, -0.15) is 0 Å². The van der Waals surface area contributed by atoms with E-state index in [-0.39, 0.29) is 12.3 Å². The molecule has 1 heterocycles. The van der Waals surface area contributed by atoms with Crippen molar-refractivity contribution in [3.05, 3.63) is 36.1 Å². The fourth-order valence-corrected chi connectivity index (χ4v) is 1.97. The minimum atomic E-state index is -3.17. The monoisotopic (exact) mass is 239 g/mol. The molecule has 5 heteroatoms. The average molecular weight is 239 g/mol. The van der Waals surface area contributed by atoms with E-state index in [0.717, 1.165) is 11.0 Å². The highest BCUT2D eigenvalue weighted by Crippen LogP contribution is 2.18. The third kappa shape index (κ3) is 2.43. The second kappa shape index (κ2) is 4.27. The van der Waals surface area contributed by atoms with E-state index < -0.39 is 10.0 Å². The summed E-state index contributed by atoms with van der Waals surface area (Å²) in [5.41, 5.74) is 0.771. The van der Waals surface area contributed by atoms with Crippen molar-refractivity contribution in [3.63, 3.8) is 0 Å². The zero-order chi connectivity index (χ0) is 11.6. The molecule has 0 atom stereocenters. The molecular formula is C11H13NO3S. The van der Waals surface area contributed by atoms with Crippen LogP contribution in [0.5, 0.6) is 0 Å². The van der Waals surface area contributed by atoms with Gasteiger partial charge in [-0.25, -0.2) is 13.1 Å². The van der Waals surface area contributed by atoms with Gasteiger partial charge in [0.15, 0.2) is 0 Å². The first-order valence-electron chi connectivity index (χ1n) is 5.05. The molecule has 0 spiro atoms. The molecule has 0 aliphatic heterocycles. The smallest absolute Gasteiger partial charge is 0.211 e. The van der Waals surface area contributed by atoms with Crippen molar-refractivity contribution in [1.82, 2.24) is 4.72 Å². The molecule has 0 aliphatic rings. The quantitative estimate of drug-likeness (QED) is 0.886. The van der Waals surface area contributed by atoms with E-state index >= 15 is 0 Å². The van der Waals surface area contributed by atoms with Gasteiger partial charge in [0.2, 0.25) is 10.0 Å². The summed E-state index contributed by atoms with van der Waals surface area (Å²) in [5, 5.41) is 0.980. The summed E-state index contributed by atoms with van der Waals surface area (Å²) in [4.78, 5) is 0. The summed E-state index contributed by atoms with van der Waals surface area (Å²) in [6.07, 6.45) is 0. The first-order chi connectivity index (χ1) is 7.61. The Morgan fingerprint density at radius 3 is 2.75 bits per heavy atom. The van der Waals surface area contributed by atoms with Gasteiger partial charge >= 0.3 is 0 Å². The van der Waals surface area contributed by atoms with Gasteiger partial charge in [0.25, 0.3) is 0 Å². The van der Waals surface area contributed by atoms with Crippen molar-refractivity contribution >= 4 is 21.0 Å². The van der Waals surface area contributed by atoms with Gasteiger partial charge in [-0.15, -0.1) is 0 Å². The SMILES string of the molecule is CCS(=O)(=O)NCc1cc2ccccc2o1. The molecule has 0 aliphatic carbocycles. The van der Waals surface area contributed by atoms with E-state index in [1.54, 1.807) is 6.92 Å². The van der Waals surface area contributed by atoms with Crippen molar-refractivity contribution in [2.45, 2.75) is 13.5 Å². The van der Waals surface area contributed by atoms with E-state index in [1.165, 1.54) is 0 Å². The van der Waals surface area contributed by atoms with Crippen molar-refractivity contribution in [3.8, 4) is 0 Å². The highest BCUT2D eigenvalue weighted by atomic mass is 32.2. The Bertz CT molecular complexity index is 553. The maximum absolute atomic E-state index is 11.2. The lowest BCUT2D eigenvalue weighted by Crippen LogP contribution is -2.24. The van der Waals surface area contributed by atoms with Crippen LogP contribution in [0.15, 0.2) is 34.7 Å². The number of nitrogens with one attached hydrogen (secondary N) is 1. The molecule has 1 aromatic heterocycles. The summed E-state index contributed by atoms with van der Waals surface area (Å²) in [7, 11) is -3.17. The molecule has 0 unspecified atom stereocenters. The standard InChI is InChI=1S/C11H13NO3S/c1-2-16(13,14)12-8-10-7-9-5-3-4-6-11(9)15-10/h3-7,12H,2,8H2,1H3. The number of sulfonamides is 1. The lowest BCUT2D eigenvalue weighted by atomic mass is 10.2. The lowest BCUT2D eigenvalue weighted by molar-refractivity contribution is 0.530. The molecule has 1 aromatic carbocycles. The van der Waals surface area contributed by atoms with Crippen LogP contribution < -0.4 is 4.72 Å². The number of fused-ring (bicyclic) bond motifs is 1. The van der Waals surface area contributed by atoms with E-state index in [0.29, 0.717) is 5.76 Å². The van der Waals surface area contributed by atoms with Crippen LogP contribution in [-0.2, 0) is 16.6 Å². The van der Waals surface area contributed by atoms with Gasteiger partial charge in [-0.1, -0.05) is 18.2 Å². The predicted molar refractivity (Wildman–Crippen MR) is 62.5 cm³/mol. The summed E-state index contributed by atoms with van der Waals surface area (Å²) in [5.74, 6) is 0.700.